The van der Waals surface area contributed by atoms with Crippen molar-refractivity contribution in [2.75, 3.05) is 0 Å². The van der Waals surface area contributed by atoms with Crippen molar-refractivity contribution in [1.29, 1.82) is 0 Å². The lowest BCUT2D eigenvalue weighted by Gasteiger charge is -2.25. The number of benzene rings is 2. The Hall–Kier alpha value is -3.85. The molecule has 2 heterocycles. The number of rotatable bonds is 9. The molecule has 9 heteroatoms. The minimum Gasteiger partial charge on any atom is -0.493 e. The van der Waals surface area contributed by atoms with E-state index in [4.69, 9.17) is 0 Å². The van der Waals surface area contributed by atoms with Crippen molar-refractivity contribution in [1.82, 2.24) is 14.5 Å². The van der Waals surface area contributed by atoms with Crippen LogP contribution in [0.5, 0.6) is 5.88 Å². The van der Waals surface area contributed by atoms with Crippen molar-refractivity contribution in [2.45, 2.75) is 62.8 Å². The summed E-state index contributed by atoms with van der Waals surface area (Å²) in [4.78, 5) is 20.3. The number of aromatic nitrogens is 3. The largest absolute Gasteiger partial charge is 0.493 e. The Bertz CT molecular complexity index is 1630. The fraction of sp³-hybridized carbons (Fsp3) is 0.300. The molecule has 0 bridgehead atoms. The first-order valence-corrected chi connectivity index (χ1v) is 14.4. The van der Waals surface area contributed by atoms with Gasteiger partial charge >= 0.3 is 0 Å². The van der Waals surface area contributed by atoms with Crippen LogP contribution in [0.3, 0.4) is 0 Å². The van der Waals surface area contributed by atoms with E-state index in [0.29, 0.717) is 47.8 Å². The Morgan fingerprint density at radius 3 is 2.23 bits per heavy atom. The topological polar surface area (TPSA) is 102 Å². The van der Waals surface area contributed by atoms with Gasteiger partial charge in [-0.05, 0) is 61.1 Å². The van der Waals surface area contributed by atoms with Crippen LogP contribution in [-0.4, -0.2) is 28.1 Å². The molecule has 0 spiro atoms. The van der Waals surface area contributed by atoms with Gasteiger partial charge in [0.1, 0.15) is 5.82 Å². The fourth-order valence-electron chi connectivity index (χ4n) is 4.72. The summed E-state index contributed by atoms with van der Waals surface area (Å²) in [5.74, 6) is -0.564. The van der Waals surface area contributed by atoms with Crippen LogP contribution >= 0.6 is 0 Å². The average Bonchev–Trinajstić information content (AvgIpc) is 2.89. The Morgan fingerprint density at radius 2 is 1.64 bits per heavy atom. The van der Waals surface area contributed by atoms with Gasteiger partial charge < -0.3 is 5.11 Å². The van der Waals surface area contributed by atoms with Crippen LogP contribution in [0.25, 0.3) is 11.1 Å². The van der Waals surface area contributed by atoms with E-state index in [9.17, 15) is 22.7 Å². The van der Waals surface area contributed by atoms with E-state index in [1.54, 1.807) is 25.1 Å². The molecule has 2 aromatic carbocycles. The smallest absolute Gasteiger partial charge is 0.296 e. The van der Waals surface area contributed by atoms with E-state index in [-0.39, 0.29) is 4.90 Å². The maximum absolute atomic E-state index is 13.7. The molecule has 39 heavy (non-hydrogen) atoms. The Labute approximate surface area is 228 Å². The Kier molecular flexibility index (Phi) is 8.30. The van der Waals surface area contributed by atoms with Gasteiger partial charge in [0.2, 0.25) is 21.7 Å². The zero-order chi connectivity index (χ0) is 28.3. The van der Waals surface area contributed by atoms with E-state index in [0.717, 1.165) is 5.56 Å². The van der Waals surface area contributed by atoms with Crippen molar-refractivity contribution in [3.63, 3.8) is 0 Å². The minimum atomic E-state index is -4.43. The molecular weight excluding hydrogens is 517 g/mol. The van der Waals surface area contributed by atoms with Crippen molar-refractivity contribution < 1.29 is 17.9 Å². The number of halogens is 1. The lowest BCUT2D eigenvalue weighted by molar-refractivity contribution is 0.356. The average molecular weight is 550 g/mol. The Balaban J connectivity index is 1.85. The number of aromatic hydroxyl groups is 1. The molecule has 1 atom stereocenters. The summed E-state index contributed by atoms with van der Waals surface area (Å²) >= 11 is 0. The van der Waals surface area contributed by atoms with Crippen molar-refractivity contribution in [3.8, 4) is 17.0 Å². The van der Waals surface area contributed by atoms with Crippen LogP contribution in [0.15, 0.2) is 81.3 Å². The van der Waals surface area contributed by atoms with Crippen molar-refractivity contribution in [2.24, 2.45) is 5.92 Å². The molecule has 0 aliphatic heterocycles. The molecule has 4 rings (SSSR count). The van der Waals surface area contributed by atoms with E-state index in [1.807, 2.05) is 51.1 Å². The lowest BCUT2D eigenvalue weighted by atomic mass is 10.0. The fourth-order valence-corrected chi connectivity index (χ4v) is 6.06. The van der Waals surface area contributed by atoms with Crippen LogP contribution in [0, 0.1) is 18.8 Å². The number of nitrogens with zero attached hydrogens (tertiary/aromatic N) is 3. The van der Waals surface area contributed by atoms with Crippen LogP contribution < -0.4 is 5.56 Å². The molecule has 0 aliphatic carbocycles. The number of sulfone groups is 1. The van der Waals surface area contributed by atoms with E-state index in [1.165, 1.54) is 22.8 Å². The summed E-state index contributed by atoms with van der Waals surface area (Å²) in [6.45, 7) is 7.68. The summed E-state index contributed by atoms with van der Waals surface area (Å²) in [5, 5.41) is 11.5. The molecular formula is C30H32FN3O4S. The maximum atomic E-state index is 13.7. The summed E-state index contributed by atoms with van der Waals surface area (Å²) in [5.41, 5.74) is 1.61. The molecule has 0 aliphatic rings. The normalized spacial score (nSPS) is 12.6. The van der Waals surface area contributed by atoms with E-state index in [2.05, 4.69) is 9.97 Å². The molecule has 1 unspecified atom stereocenters. The number of hydrogen-bond acceptors (Lipinski definition) is 6. The summed E-state index contributed by atoms with van der Waals surface area (Å²) in [6.07, 6.45) is 1.66. The Morgan fingerprint density at radius 1 is 0.974 bits per heavy atom. The van der Waals surface area contributed by atoms with Crippen molar-refractivity contribution in [3.05, 3.63) is 100 Å². The number of aryl methyl sites for hydroxylation is 2. The molecule has 7 nitrogen and oxygen atoms in total. The zero-order valence-corrected chi connectivity index (χ0v) is 23.2. The molecule has 2 aromatic heterocycles. The molecule has 0 saturated carbocycles. The third-order valence-corrected chi connectivity index (χ3v) is 8.55. The first kappa shape index (κ1) is 28.2. The number of pyridine rings is 1. The van der Waals surface area contributed by atoms with E-state index >= 15 is 0 Å². The van der Waals surface area contributed by atoms with Crippen molar-refractivity contribution >= 4 is 9.84 Å². The second kappa shape index (κ2) is 11.5. The zero-order valence-electron chi connectivity index (χ0n) is 22.4. The molecule has 0 radical (unpaired) electrons. The maximum Gasteiger partial charge on any atom is 0.296 e. The second-order valence-corrected chi connectivity index (χ2v) is 11.8. The molecule has 0 fully saturated rings. The van der Waals surface area contributed by atoms with Crippen LogP contribution in [0.1, 0.15) is 56.7 Å². The highest BCUT2D eigenvalue weighted by Crippen LogP contribution is 2.34. The molecule has 0 saturated heterocycles. The van der Waals surface area contributed by atoms with Gasteiger partial charge in [-0.15, -0.1) is 0 Å². The van der Waals surface area contributed by atoms with Crippen LogP contribution in [0.4, 0.5) is 4.39 Å². The predicted molar refractivity (Wildman–Crippen MR) is 148 cm³/mol. The second-order valence-electron chi connectivity index (χ2n) is 9.92. The van der Waals surface area contributed by atoms with E-state index < -0.39 is 38.2 Å². The quantitative estimate of drug-likeness (QED) is 0.262. The van der Waals surface area contributed by atoms with Gasteiger partial charge in [0, 0.05) is 17.7 Å². The third kappa shape index (κ3) is 5.78. The third-order valence-electron chi connectivity index (χ3n) is 6.76. The highest BCUT2D eigenvalue weighted by atomic mass is 32.2. The molecule has 4 aromatic rings. The van der Waals surface area contributed by atoms with Gasteiger partial charge in [0.15, 0.2) is 4.90 Å². The lowest BCUT2D eigenvalue weighted by Crippen LogP contribution is -2.27. The molecule has 1 N–H and O–H groups in total. The molecule has 0 amide bonds. The first-order chi connectivity index (χ1) is 18.5. The summed E-state index contributed by atoms with van der Waals surface area (Å²) in [7, 11) is -4.43. The first-order valence-electron chi connectivity index (χ1n) is 12.9. The predicted octanol–water partition coefficient (Wildman–Crippen LogP) is 5.88. The SMILES string of the molecule is CCC(c1ccccc1)n1c(CCC(C)C)nc(=O)c(S(=O)(=O)c2ccc(-c3ccc(F)nc3C)cc2)c1O. The standard InChI is InChI=1S/C30H32FN3O4S/c1-5-25(22-9-7-6-8-10-22)34-27(18-11-19(2)3)33-29(35)28(30(34)36)39(37,38)23-14-12-21(13-15-23)24-16-17-26(31)32-20(24)4/h6-10,12-17,19,25,36H,5,11,18H2,1-4H3. The molecule has 204 valence electrons. The highest BCUT2D eigenvalue weighted by molar-refractivity contribution is 7.91. The summed E-state index contributed by atoms with van der Waals surface area (Å²) < 4.78 is 42.4. The highest BCUT2D eigenvalue weighted by Gasteiger charge is 2.32. The summed E-state index contributed by atoms with van der Waals surface area (Å²) in [6, 6.07) is 17.6. The minimum absolute atomic E-state index is 0.164. The van der Waals surface area contributed by atoms with Crippen LogP contribution in [0.2, 0.25) is 0 Å². The van der Waals surface area contributed by atoms with Gasteiger partial charge in [0.25, 0.3) is 5.56 Å². The van der Waals surface area contributed by atoms with Gasteiger partial charge in [-0.1, -0.05) is 63.2 Å². The number of hydrogen-bond donors (Lipinski definition) is 1. The van der Waals surface area contributed by atoms with Gasteiger partial charge in [-0.25, -0.2) is 13.4 Å². The van der Waals surface area contributed by atoms with Crippen LogP contribution in [-0.2, 0) is 16.3 Å². The van der Waals surface area contributed by atoms with Gasteiger partial charge in [-0.2, -0.15) is 9.37 Å². The van der Waals surface area contributed by atoms with Gasteiger partial charge in [-0.3, -0.25) is 9.36 Å². The monoisotopic (exact) mass is 549 g/mol. The van der Waals surface area contributed by atoms with Gasteiger partial charge in [0.05, 0.1) is 10.9 Å².